The zero-order valence-electron chi connectivity index (χ0n) is 14.5. The summed E-state index contributed by atoms with van der Waals surface area (Å²) in [5, 5.41) is 3.03. The molecule has 0 unspecified atom stereocenters. The highest BCUT2D eigenvalue weighted by molar-refractivity contribution is 5.85. The van der Waals surface area contributed by atoms with Crippen molar-refractivity contribution < 1.29 is 14.3 Å². The number of methoxy groups -OCH3 is 1. The number of hydrogen-bond donors (Lipinski definition) is 1. The predicted molar refractivity (Wildman–Crippen MR) is 91.5 cm³/mol. The fourth-order valence-electron chi connectivity index (χ4n) is 3.38. The Morgan fingerprint density at radius 2 is 2.17 bits per heavy atom. The molecule has 1 atom stereocenters. The maximum absolute atomic E-state index is 12.7. The van der Waals surface area contributed by atoms with E-state index in [-0.39, 0.29) is 17.7 Å². The van der Waals surface area contributed by atoms with Crippen LogP contribution in [0.15, 0.2) is 24.3 Å². The fraction of sp³-hybridized carbons (Fsp3) is 0.579. The number of benzene rings is 1. The van der Waals surface area contributed by atoms with E-state index < -0.39 is 5.41 Å². The maximum Gasteiger partial charge on any atom is 0.227 e. The molecule has 1 aliphatic carbocycles. The van der Waals surface area contributed by atoms with Gasteiger partial charge in [0.2, 0.25) is 11.8 Å². The molecule has 5 heteroatoms. The van der Waals surface area contributed by atoms with E-state index in [0.717, 1.165) is 43.5 Å². The Morgan fingerprint density at radius 3 is 2.88 bits per heavy atom. The van der Waals surface area contributed by atoms with Gasteiger partial charge in [0.05, 0.1) is 12.5 Å². The van der Waals surface area contributed by atoms with Gasteiger partial charge in [0.25, 0.3) is 0 Å². The number of amides is 2. The van der Waals surface area contributed by atoms with Crippen molar-refractivity contribution in [2.24, 2.45) is 11.3 Å². The SMILES string of the molecule is COc1cccc(CNC(=O)[C@@]2(C)CCCN(C(=O)C3CC3)C2)c1. The summed E-state index contributed by atoms with van der Waals surface area (Å²) in [6.45, 7) is 3.77. The van der Waals surface area contributed by atoms with Crippen molar-refractivity contribution in [1.29, 1.82) is 0 Å². The van der Waals surface area contributed by atoms with Crippen LogP contribution in [0.3, 0.4) is 0 Å². The second-order valence-electron chi connectivity index (χ2n) is 7.23. The van der Waals surface area contributed by atoms with Crippen LogP contribution in [-0.2, 0) is 16.1 Å². The van der Waals surface area contributed by atoms with Crippen LogP contribution in [0.2, 0.25) is 0 Å². The summed E-state index contributed by atoms with van der Waals surface area (Å²) in [6.07, 6.45) is 3.73. The highest BCUT2D eigenvalue weighted by Crippen LogP contribution is 2.35. The Morgan fingerprint density at radius 1 is 1.38 bits per heavy atom. The molecule has 24 heavy (non-hydrogen) atoms. The molecular formula is C19H26N2O3. The highest BCUT2D eigenvalue weighted by atomic mass is 16.5. The summed E-state index contributed by atoms with van der Waals surface area (Å²) in [6, 6.07) is 7.69. The van der Waals surface area contributed by atoms with Crippen molar-refractivity contribution in [3.8, 4) is 5.75 Å². The third kappa shape index (κ3) is 3.71. The Bertz CT molecular complexity index is 627. The zero-order valence-corrected chi connectivity index (χ0v) is 14.5. The number of rotatable bonds is 5. The summed E-state index contributed by atoms with van der Waals surface area (Å²) in [7, 11) is 1.63. The first-order valence-corrected chi connectivity index (χ1v) is 8.72. The van der Waals surface area contributed by atoms with E-state index in [4.69, 9.17) is 4.74 Å². The van der Waals surface area contributed by atoms with Crippen LogP contribution in [0.5, 0.6) is 5.75 Å². The molecule has 1 aromatic rings. The lowest BCUT2D eigenvalue weighted by atomic mass is 9.80. The lowest BCUT2D eigenvalue weighted by Crippen LogP contribution is -2.52. The van der Waals surface area contributed by atoms with E-state index in [9.17, 15) is 9.59 Å². The van der Waals surface area contributed by atoms with Gasteiger partial charge >= 0.3 is 0 Å². The van der Waals surface area contributed by atoms with E-state index >= 15 is 0 Å². The molecule has 0 spiro atoms. The predicted octanol–water partition coefficient (Wildman–Crippen LogP) is 2.35. The second kappa shape index (κ2) is 6.83. The fourth-order valence-corrected chi connectivity index (χ4v) is 3.38. The second-order valence-corrected chi connectivity index (χ2v) is 7.23. The lowest BCUT2D eigenvalue weighted by molar-refractivity contribution is -0.141. The molecule has 0 aromatic heterocycles. The zero-order chi connectivity index (χ0) is 17.2. The van der Waals surface area contributed by atoms with Gasteiger partial charge in [-0.2, -0.15) is 0 Å². The molecule has 2 fully saturated rings. The van der Waals surface area contributed by atoms with Crippen LogP contribution in [0.25, 0.3) is 0 Å². The van der Waals surface area contributed by atoms with Crippen LogP contribution in [0.4, 0.5) is 0 Å². The third-order valence-corrected chi connectivity index (χ3v) is 5.07. The Labute approximate surface area is 143 Å². The number of nitrogens with one attached hydrogen (secondary N) is 1. The number of nitrogens with zero attached hydrogens (tertiary/aromatic N) is 1. The first-order valence-electron chi connectivity index (χ1n) is 8.72. The first-order chi connectivity index (χ1) is 11.5. The van der Waals surface area contributed by atoms with Gasteiger partial charge in [-0.25, -0.2) is 0 Å². The summed E-state index contributed by atoms with van der Waals surface area (Å²) >= 11 is 0. The first kappa shape index (κ1) is 16.8. The molecule has 1 heterocycles. The van der Waals surface area contributed by atoms with Crippen LogP contribution >= 0.6 is 0 Å². The van der Waals surface area contributed by atoms with Crippen LogP contribution in [-0.4, -0.2) is 36.9 Å². The van der Waals surface area contributed by atoms with E-state index in [1.807, 2.05) is 36.1 Å². The lowest BCUT2D eigenvalue weighted by Gasteiger charge is -2.39. The van der Waals surface area contributed by atoms with Crippen LogP contribution in [0, 0.1) is 11.3 Å². The largest absolute Gasteiger partial charge is 0.497 e. The number of ether oxygens (including phenoxy) is 1. The minimum absolute atomic E-state index is 0.0265. The molecule has 2 aliphatic rings. The average molecular weight is 330 g/mol. The van der Waals surface area contributed by atoms with Crippen molar-refractivity contribution in [2.75, 3.05) is 20.2 Å². The van der Waals surface area contributed by atoms with E-state index in [0.29, 0.717) is 13.1 Å². The monoisotopic (exact) mass is 330 g/mol. The van der Waals surface area contributed by atoms with Gasteiger partial charge in [-0.1, -0.05) is 12.1 Å². The van der Waals surface area contributed by atoms with E-state index in [1.54, 1.807) is 7.11 Å². The number of likely N-dealkylation sites (tertiary alicyclic amines) is 1. The van der Waals surface area contributed by atoms with Gasteiger partial charge < -0.3 is 15.0 Å². The van der Waals surface area contributed by atoms with Crippen molar-refractivity contribution in [3.63, 3.8) is 0 Å². The molecule has 0 bridgehead atoms. The molecule has 5 nitrogen and oxygen atoms in total. The normalized spacial score (nSPS) is 23.7. The standard InChI is InChI=1S/C19H26N2O3/c1-19(9-4-10-21(13-19)17(22)15-7-8-15)18(23)20-12-14-5-3-6-16(11-14)24-2/h3,5-6,11,15H,4,7-10,12-13H2,1-2H3,(H,20,23)/t19-/m0/s1. The molecule has 1 aromatic carbocycles. The number of piperidine rings is 1. The van der Waals surface area contributed by atoms with Gasteiger partial charge in [-0.3, -0.25) is 9.59 Å². The molecule has 1 saturated heterocycles. The minimum atomic E-state index is -0.498. The van der Waals surface area contributed by atoms with Crippen molar-refractivity contribution in [2.45, 2.75) is 39.2 Å². The summed E-state index contributed by atoms with van der Waals surface area (Å²) < 4.78 is 5.21. The molecule has 1 saturated carbocycles. The smallest absolute Gasteiger partial charge is 0.227 e. The van der Waals surface area contributed by atoms with Crippen LogP contribution < -0.4 is 10.1 Å². The summed E-state index contributed by atoms with van der Waals surface area (Å²) in [5.74, 6) is 1.26. The summed E-state index contributed by atoms with van der Waals surface area (Å²) in [4.78, 5) is 26.9. The Kier molecular flexibility index (Phi) is 4.78. The number of carbonyl (C=O) groups excluding carboxylic acids is 2. The number of carbonyl (C=O) groups is 2. The molecule has 3 rings (SSSR count). The van der Waals surface area contributed by atoms with Gasteiger partial charge in [0, 0.05) is 25.6 Å². The van der Waals surface area contributed by atoms with Gasteiger partial charge in [-0.05, 0) is 50.3 Å². The average Bonchev–Trinajstić information content (AvgIpc) is 3.44. The molecule has 1 N–H and O–H groups in total. The van der Waals surface area contributed by atoms with Gasteiger partial charge in [0.1, 0.15) is 5.75 Å². The molecule has 2 amide bonds. The maximum atomic E-state index is 12.7. The highest BCUT2D eigenvalue weighted by Gasteiger charge is 2.42. The Balaban J connectivity index is 1.59. The Hall–Kier alpha value is -2.04. The van der Waals surface area contributed by atoms with Crippen molar-refractivity contribution in [3.05, 3.63) is 29.8 Å². The summed E-state index contributed by atoms with van der Waals surface area (Å²) in [5.41, 5.74) is 0.509. The van der Waals surface area contributed by atoms with E-state index in [2.05, 4.69) is 5.32 Å². The van der Waals surface area contributed by atoms with Gasteiger partial charge in [0.15, 0.2) is 0 Å². The molecule has 130 valence electrons. The van der Waals surface area contributed by atoms with Gasteiger partial charge in [-0.15, -0.1) is 0 Å². The van der Waals surface area contributed by atoms with Crippen molar-refractivity contribution in [1.82, 2.24) is 10.2 Å². The molecule has 0 radical (unpaired) electrons. The van der Waals surface area contributed by atoms with Crippen molar-refractivity contribution >= 4 is 11.8 Å². The minimum Gasteiger partial charge on any atom is -0.497 e. The van der Waals surface area contributed by atoms with Crippen LogP contribution in [0.1, 0.15) is 38.2 Å². The quantitative estimate of drug-likeness (QED) is 0.901. The molecular weight excluding hydrogens is 304 g/mol. The topological polar surface area (TPSA) is 58.6 Å². The third-order valence-electron chi connectivity index (χ3n) is 5.07. The number of hydrogen-bond acceptors (Lipinski definition) is 3. The molecule has 1 aliphatic heterocycles. The van der Waals surface area contributed by atoms with E-state index in [1.165, 1.54) is 0 Å².